The normalized spacial score (nSPS) is 10.1. The van der Waals surface area contributed by atoms with Crippen molar-refractivity contribution in [2.24, 2.45) is 0 Å². The summed E-state index contributed by atoms with van der Waals surface area (Å²) >= 11 is 0. The van der Waals surface area contributed by atoms with E-state index in [1.807, 2.05) is 26.0 Å². The maximum Gasteiger partial charge on any atom is 0.255 e. The molecule has 0 bridgehead atoms. The zero-order valence-electron chi connectivity index (χ0n) is 11.6. The second kappa shape index (κ2) is 6.15. The van der Waals surface area contributed by atoms with E-state index in [0.717, 1.165) is 5.56 Å². The van der Waals surface area contributed by atoms with E-state index in [4.69, 9.17) is 0 Å². The van der Waals surface area contributed by atoms with Crippen LogP contribution in [-0.2, 0) is 0 Å². The number of anilines is 1. The van der Waals surface area contributed by atoms with E-state index in [2.05, 4.69) is 5.32 Å². The number of benzene rings is 2. The molecule has 0 spiro atoms. The molecule has 3 nitrogen and oxygen atoms in total. The number of carbonyl (C=O) groups is 2. The fourth-order valence-electron chi connectivity index (χ4n) is 1.85. The predicted molar refractivity (Wildman–Crippen MR) is 80.2 cm³/mol. The van der Waals surface area contributed by atoms with Gasteiger partial charge in [0.2, 0.25) is 0 Å². The Kier molecular flexibility index (Phi) is 4.31. The Labute approximate surface area is 118 Å². The van der Waals surface area contributed by atoms with Crippen LogP contribution in [0, 0.1) is 6.92 Å². The third-order valence-electron chi connectivity index (χ3n) is 3.10. The maximum atomic E-state index is 12.0. The lowest BCUT2D eigenvalue weighted by Crippen LogP contribution is -2.11. The van der Waals surface area contributed by atoms with Gasteiger partial charge in [-0.05, 0) is 43.3 Å². The average Bonchev–Trinajstić information content (AvgIpc) is 2.48. The highest BCUT2D eigenvalue weighted by Gasteiger charge is 2.07. The van der Waals surface area contributed by atoms with E-state index in [1.54, 1.807) is 36.4 Å². The lowest BCUT2D eigenvalue weighted by atomic mass is 10.1. The highest BCUT2D eigenvalue weighted by atomic mass is 16.1. The Morgan fingerprint density at radius 3 is 2.00 bits per heavy atom. The second-order valence-corrected chi connectivity index (χ2v) is 4.67. The molecule has 0 aliphatic rings. The Morgan fingerprint density at radius 1 is 0.900 bits per heavy atom. The van der Waals surface area contributed by atoms with E-state index in [-0.39, 0.29) is 11.7 Å². The van der Waals surface area contributed by atoms with Crippen molar-refractivity contribution < 1.29 is 9.59 Å². The molecule has 1 amide bonds. The molecule has 0 atom stereocenters. The minimum atomic E-state index is -0.153. The topological polar surface area (TPSA) is 46.2 Å². The third kappa shape index (κ3) is 3.32. The molecule has 0 aliphatic carbocycles. The zero-order valence-corrected chi connectivity index (χ0v) is 11.6. The first kappa shape index (κ1) is 14.0. The van der Waals surface area contributed by atoms with Crippen molar-refractivity contribution >= 4 is 17.4 Å². The van der Waals surface area contributed by atoms with Gasteiger partial charge in [0.25, 0.3) is 5.91 Å². The highest BCUT2D eigenvalue weighted by molar-refractivity contribution is 6.04. The van der Waals surface area contributed by atoms with Crippen LogP contribution in [0.2, 0.25) is 0 Å². The van der Waals surface area contributed by atoms with Crippen LogP contribution in [0.25, 0.3) is 0 Å². The van der Waals surface area contributed by atoms with Crippen LogP contribution >= 0.6 is 0 Å². The lowest BCUT2D eigenvalue weighted by molar-refractivity contribution is 0.0987. The highest BCUT2D eigenvalue weighted by Crippen LogP contribution is 2.13. The molecule has 0 unspecified atom stereocenters. The molecule has 20 heavy (non-hydrogen) atoms. The number of nitrogens with one attached hydrogen (secondary N) is 1. The molecular formula is C17H17NO2. The first-order valence-electron chi connectivity index (χ1n) is 6.61. The smallest absolute Gasteiger partial charge is 0.255 e. The number of carbonyl (C=O) groups excluding carboxylic acids is 2. The van der Waals surface area contributed by atoms with E-state index in [9.17, 15) is 9.59 Å². The summed E-state index contributed by atoms with van der Waals surface area (Å²) in [4.78, 5) is 23.5. The number of Topliss-reactive ketones (excluding diaryl/α,β-unsaturated/α-hetero) is 1. The molecule has 0 radical (unpaired) electrons. The van der Waals surface area contributed by atoms with Crippen molar-refractivity contribution in [1.29, 1.82) is 0 Å². The summed E-state index contributed by atoms with van der Waals surface area (Å²) < 4.78 is 0. The number of rotatable bonds is 4. The molecule has 2 aromatic rings. The van der Waals surface area contributed by atoms with Gasteiger partial charge in [-0.2, -0.15) is 0 Å². The first-order valence-corrected chi connectivity index (χ1v) is 6.61. The van der Waals surface area contributed by atoms with Crippen LogP contribution in [0.15, 0.2) is 48.5 Å². The van der Waals surface area contributed by atoms with Crippen LogP contribution < -0.4 is 5.32 Å². The summed E-state index contributed by atoms with van der Waals surface area (Å²) in [6.45, 7) is 3.81. The van der Waals surface area contributed by atoms with Crippen LogP contribution in [0.3, 0.4) is 0 Å². The fourth-order valence-corrected chi connectivity index (χ4v) is 1.85. The minimum Gasteiger partial charge on any atom is -0.322 e. The van der Waals surface area contributed by atoms with Gasteiger partial charge in [0, 0.05) is 23.2 Å². The number of hydrogen-bond donors (Lipinski definition) is 1. The van der Waals surface area contributed by atoms with E-state index < -0.39 is 0 Å². The largest absolute Gasteiger partial charge is 0.322 e. The van der Waals surface area contributed by atoms with Gasteiger partial charge in [-0.25, -0.2) is 0 Å². The van der Waals surface area contributed by atoms with Gasteiger partial charge in [0.05, 0.1) is 0 Å². The van der Waals surface area contributed by atoms with Crippen LogP contribution in [0.4, 0.5) is 5.69 Å². The van der Waals surface area contributed by atoms with Gasteiger partial charge in [0.1, 0.15) is 0 Å². The number of amides is 1. The Morgan fingerprint density at radius 2 is 1.45 bits per heavy atom. The molecule has 0 aromatic heterocycles. The Balaban J connectivity index is 2.08. The van der Waals surface area contributed by atoms with Gasteiger partial charge >= 0.3 is 0 Å². The van der Waals surface area contributed by atoms with Gasteiger partial charge in [-0.1, -0.05) is 24.6 Å². The molecular weight excluding hydrogens is 250 g/mol. The SMILES string of the molecule is CCC(=O)c1ccc(NC(=O)c2ccc(C)cc2)cc1. The van der Waals surface area contributed by atoms with E-state index in [0.29, 0.717) is 23.2 Å². The molecule has 102 valence electrons. The average molecular weight is 267 g/mol. The van der Waals surface area contributed by atoms with Crippen molar-refractivity contribution in [3.05, 3.63) is 65.2 Å². The zero-order chi connectivity index (χ0) is 14.5. The van der Waals surface area contributed by atoms with Crippen LogP contribution in [0.5, 0.6) is 0 Å². The number of ketones is 1. The summed E-state index contributed by atoms with van der Waals surface area (Å²) in [6.07, 6.45) is 0.481. The molecule has 0 fully saturated rings. The lowest BCUT2D eigenvalue weighted by Gasteiger charge is -2.06. The third-order valence-corrected chi connectivity index (χ3v) is 3.10. The van der Waals surface area contributed by atoms with E-state index in [1.165, 1.54) is 0 Å². The molecule has 2 rings (SSSR count). The molecule has 0 aliphatic heterocycles. The number of aryl methyl sites for hydroxylation is 1. The Bertz CT molecular complexity index is 612. The summed E-state index contributed by atoms with van der Waals surface area (Å²) in [6, 6.07) is 14.3. The summed E-state index contributed by atoms with van der Waals surface area (Å²) in [5.41, 5.74) is 3.08. The Hall–Kier alpha value is -2.42. The molecule has 0 saturated carbocycles. The maximum absolute atomic E-state index is 12.0. The molecule has 1 N–H and O–H groups in total. The quantitative estimate of drug-likeness (QED) is 0.855. The molecule has 2 aromatic carbocycles. The summed E-state index contributed by atoms with van der Waals surface area (Å²) in [5, 5.41) is 2.81. The molecule has 0 saturated heterocycles. The van der Waals surface area contributed by atoms with E-state index >= 15 is 0 Å². The minimum absolute atomic E-state index is 0.0985. The van der Waals surface area contributed by atoms with Crippen LogP contribution in [0.1, 0.15) is 39.6 Å². The molecule has 3 heteroatoms. The number of hydrogen-bond acceptors (Lipinski definition) is 2. The predicted octanol–water partition coefficient (Wildman–Crippen LogP) is 3.84. The van der Waals surface area contributed by atoms with Crippen molar-refractivity contribution in [3.63, 3.8) is 0 Å². The van der Waals surface area contributed by atoms with Gasteiger partial charge in [-0.3, -0.25) is 9.59 Å². The van der Waals surface area contributed by atoms with Crippen molar-refractivity contribution in [2.75, 3.05) is 5.32 Å². The van der Waals surface area contributed by atoms with Crippen molar-refractivity contribution in [2.45, 2.75) is 20.3 Å². The molecule has 0 heterocycles. The van der Waals surface area contributed by atoms with Gasteiger partial charge < -0.3 is 5.32 Å². The van der Waals surface area contributed by atoms with Crippen molar-refractivity contribution in [1.82, 2.24) is 0 Å². The van der Waals surface area contributed by atoms with Crippen LogP contribution in [-0.4, -0.2) is 11.7 Å². The first-order chi connectivity index (χ1) is 9.60. The van der Waals surface area contributed by atoms with Gasteiger partial charge in [-0.15, -0.1) is 0 Å². The second-order valence-electron chi connectivity index (χ2n) is 4.67. The standard InChI is InChI=1S/C17H17NO2/c1-3-16(19)13-8-10-15(11-9-13)18-17(20)14-6-4-12(2)5-7-14/h4-11H,3H2,1-2H3,(H,18,20). The van der Waals surface area contributed by atoms with Gasteiger partial charge in [0.15, 0.2) is 5.78 Å². The monoisotopic (exact) mass is 267 g/mol. The van der Waals surface area contributed by atoms with Crippen molar-refractivity contribution in [3.8, 4) is 0 Å². The summed E-state index contributed by atoms with van der Waals surface area (Å²) in [5.74, 6) is -0.0546. The summed E-state index contributed by atoms with van der Waals surface area (Å²) in [7, 11) is 0. The fraction of sp³-hybridized carbons (Fsp3) is 0.176.